The molecule has 0 unspecified atom stereocenters. The maximum Gasteiger partial charge on any atom is 0.148 e. The number of nitrogens with zero attached hydrogens (tertiary/aromatic N) is 2. The monoisotopic (exact) mass is 211 g/mol. The van der Waals surface area contributed by atoms with Gasteiger partial charge in [-0.2, -0.15) is 0 Å². The van der Waals surface area contributed by atoms with Gasteiger partial charge in [0.2, 0.25) is 0 Å². The lowest BCUT2D eigenvalue weighted by atomic mass is 10.2. The average molecular weight is 211 g/mol. The topological polar surface area (TPSA) is 32.5 Å². The summed E-state index contributed by atoms with van der Waals surface area (Å²) in [5, 5.41) is 0. The molecule has 1 aromatic carbocycles. The number of para-hydroxylation sites is 1. The van der Waals surface area contributed by atoms with Gasteiger partial charge in [0.1, 0.15) is 5.82 Å². The van der Waals surface area contributed by atoms with Crippen LogP contribution in [0.15, 0.2) is 18.2 Å². The van der Waals surface area contributed by atoms with E-state index in [0.29, 0.717) is 0 Å². The van der Waals surface area contributed by atoms with Crippen LogP contribution in [0.4, 0.5) is 15.8 Å². The molecule has 0 saturated heterocycles. The maximum absolute atomic E-state index is 13.2. The van der Waals surface area contributed by atoms with E-state index in [1.54, 1.807) is 6.07 Å². The Morgan fingerprint density at radius 3 is 2.47 bits per heavy atom. The molecule has 0 aliphatic heterocycles. The van der Waals surface area contributed by atoms with Crippen LogP contribution in [0.1, 0.15) is 0 Å². The van der Waals surface area contributed by atoms with Gasteiger partial charge in [-0.15, -0.1) is 0 Å². The highest BCUT2D eigenvalue weighted by molar-refractivity contribution is 5.67. The van der Waals surface area contributed by atoms with Crippen molar-refractivity contribution in [2.24, 2.45) is 0 Å². The second-order valence-electron chi connectivity index (χ2n) is 3.90. The highest BCUT2D eigenvalue weighted by Crippen LogP contribution is 2.24. The Bertz CT molecular complexity index is 326. The lowest BCUT2D eigenvalue weighted by Gasteiger charge is -2.23. The van der Waals surface area contributed by atoms with E-state index in [1.807, 2.05) is 32.1 Å². The van der Waals surface area contributed by atoms with Crippen LogP contribution in [-0.4, -0.2) is 39.1 Å². The number of nitrogen functional groups attached to an aromatic ring is 1. The van der Waals surface area contributed by atoms with Crippen molar-refractivity contribution >= 4 is 11.4 Å². The molecule has 0 aliphatic carbocycles. The van der Waals surface area contributed by atoms with Gasteiger partial charge in [0.25, 0.3) is 0 Å². The van der Waals surface area contributed by atoms with Gasteiger partial charge < -0.3 is 15.5 Å². The normalized spacial score (nSPS) is 10.7. The number of halogens is 1. The zero-order valence-electron chi connectivity index (χ0n) is 9.50. The van der Waals surface area contributed by atoms with Crippen LogP contribution in [-0.2, 0) is 0 Å². The molecule has 0 amide bonds. The van der Waals surface area contributed by atoms with Crippen molar-refractivity contribution in [3.63, 3.8) is 0 Å². The number of hydrogen-bond donors (Lipinski definition) is 1. The summed E-state index contributed by atoms with van der Waals surface area (Å²) in [6, 6.07) is 4.87. The van der Waals surface area contributed by atoms with Crippen molar-refractivity contribution in [1.29, 1.82) is 0 Å². The molecule has 1 rings (SSSR count). The van der Waals surface area contributed by atoms with Crippen LogP contribution < -0.4 is 10.6 Å². The first-order valence-corrected chi connectivity index (χ1v) is 4.92. The SMILES string of the molecule is CN(C)CCN(C)c1cccc(F)c1N. The van der Waals surface area contributed by atoms with E-state index in [-0.39, 0.29) is 11.5 Å². The van der Waals surface area contributed by atoms with E-state index in [4.69, 9.17) is 5.73 Å². The molecule has 0 heterocycles. The quantitative estimate of drug-likeness (QED) is 0.764. The van der Waals surface area contributed by atoms with E-state index in [0.717, 1.165) is 18.8 Å². The van der Waals surface area contributed by atoms with Crippen molar-refractivity contribution in [2.45, 2.75) is 0 Å². The smallest absolute Gasteiger partial charge is 0.148 e. The van der Waals surface area contributed by atoms with Gasteiger partial charge in [0.15, 0.2) is 0 Å². The van der Waals surface area contributed by atoms with Crippen molar-refractivity contribution in [2.75, 3.05) is 44.9 Å². The minimum Gasteiger partial charge on any atom is -0.395 e. The Hall–Kier alpha value is -1.29. The lowest BCUT2D eigenvalue weighted by molar-refractivity contribution is 0.416. The molecule has 4 heteroatoms. The molecule has 0 radical (unpaired) electrons. The van der Waals surface area contributed by atoms with Crippen LogP contribution in [0.2, 0.25) is 0 Å². The molecule has 3 nitrogen and oxygen atoms in total. The highest BCUT2D eigenvalue weighted by atomic mass is 19.1. The second-order valence-corrected chi connectivity index (χ2v) is 3.90. The van der Waals surface area contributed by atoms with Gasteiger partial charge in [-0.25, -0.2) is 4.39 Å². The largest absolute Gasteiger partial charge is 0.395 e. The lowest BCUT2D eigenvalue weighted by Crippen LogP contribution is -2.29. The first-order valence-electron chi connectivity index (χ1n) is 4.92. The molecule has 0 aliphatic rings. The number of anilines is 2. The number of rotatable bonds is 4. The average Bonchev–Trinajstić information content (AvgIpc) is 2.18. The van der Waals surface area contributed by atoms with E-state index >= 15 is 0 Å². The third kappa shape index (κ3) is 3.09. The molecular weight excluding hydrogens is 193 g/mol. The Morgan fingerprint density at radius 2 is 1.87 bits per heavy atom. The summed E-state index contributed by atoms with van der Waals surface area (Å²) in [6.45, 7) is 1.73. The summed E-state index contributed by atoms with van der Waals surface area (Å²) in [5.41, 5.74) is 6.63. The molecule has 0 atom stereocenters. The molecule has 0 bridgehead atoms. The summed E-state index contributed by atoms with van der Waals surface area (Å²) in [6.07, 6.45) is 0. The number of likely N-dealkylation sites (N-methyl/N-ethyl adjacent to an activating group) is 2. The number of nitrogens with two attached hydrogens (primary N) is 1. The Morgan fingerprint density at radius 1 is 1.20 bits per heavy atom. The molecule has 84 valence electrons. The highest BCUT2D eigenvalue weighted by Gasteiger charge is 2.08. The summed E-state index contributed by atoms with van der Waals surface area (Å²) in [4.78, 5) is 4.03. The molecule has 2 N–H and O–H groups in total. The van der Waals surface area contributed by atoms with Gasteiger partial charge in [-0.3, -0.25) is 0 Å². The van der Waals surface area contributed by atoms with Gasteiger partial charge in [0.05, 0.1) is 11.4 Å². The molecule has 0 fully saturated rings. The van der Waals surface area contributed by atoms with Gasteiger partial charge >= 0.3 is 0 Å². The predicted octanol–water partition coefficient (Wildman–Crippen LogP) is 1.41. The van der Waals surface area contributed by atoms with Crippen molar-refractivity contribution in [3.05, 3.63) is 24.0 Å². The molecule has 15 heavy (non-hydrogen) atoms. The molecular formula is C11H18FN3. The fourth-order valence-corrected chi connectivity index (χ4v) is 1.33. The van der Waals surface area contributed by atoms with E-state index in [1.165, 1.54) is 6.07 Å². The summed E-state index contributed by atoms with van der Waals surface area (Å²) in [5.74, 6) is -0.357. The van der Waals surface area contributed by atoms with E-state index in [2.05, 4.69) is 4.90 Å². The fraction of sp³-hybridized carbons (Fsp3) is 0.455. The third-order valence-electron chi connectivity index (χ3n) is 2.32. The summed E-state index contributed by atoms with van der Waals surface area (Å²) < 4.78 is 13.2. The molecule has 1 aromatic rings. The van der Waals surface area contributed by atoms with Crippen molar-refractivity contribution in [1.82, 2.24) is 4.90 Å². The summed E-state index contributed by atoms with van der Waals surface area (Å²) >= 11 is 0. The van der Waals surface area contributed by atoms with Gasteiger partial charge in [-0.05, 0) is 26.2 Å². The standard InChI is InChI=1S/C11H18FN3/c1-14(2)7-8-15(3)10-6-4-5-9(12)11(10)13/h4-6H,7-8,13H2,1-3H3. The second kappa shape index (κ2) is 4.98. The molecule has 0 spiro atoms. The minimum absolute atomic E-state index is 0.221. The van der Waals surface area contributed by atoms with Crippen LogP contribution >= 0.6 is 0 Å². The number of hydrogen-bond acceptors (Lipinski definition) is 3. The van der Waals surface area contributed by atoms with Gasteiger partial charge in [0, 0.05) is 20.1 Å². The Labute approximate surface area is 90.3 Å². The first-order chi connectivity index (χ1) is 7.02. The number of benzene rings is 1. The summed E-state index contributed by atoms with van der Waals surface area (Å²) in [7, 11) is 5.92. The Kier molecular flexibility index (Phi) is 3.91. The van der Waals surface area contributed by atoms with Crippen LogP contribution in [0.5, 0.6) is 0 Å². The van der Waals surface area contributed by atoms with Crippen LogP contribution in [0, 0.1) is 5.82 Å². The van der Waals surface area contributed by atoms with E-state index < -0.39 is 0 Å². The molecule has 0 aromatic heterocycles. The molecule has 0 saturated carbocycles. The van der Waals surface area contributed by atoms with Crippen molar-refractivity contribution < 1.29 is 4.39 Å². The van der Waals surface area contributed by atoms with E-state index in [9.17, 15) is 4.39 Å². The van der Waals surface area contributed by atoms with Crippen LogP contribution in [0.25, 0.3) is 0 Å². The van der Waals surface area contributed by atoms with Gasteiger partial charge in [-0.1, -0.05) is 6.07 Å². The van der Waals surface area contributed by atoms with Crippen molar-refractivity contribution in [3.8, 4) is 0 Å². The third-order valence-corrected chi connectivity index (χ3v) is 2.32. The fourth-order valence-electron chi connectivity index (χ4n) is 1.33. The maximum atomic E-state index is 13.2. The van der Waals surface area contributed by atoms with Crippen LogP contribution in [0.3, 0.4) is 0 Å². The predicted molar refractivity (Wildman–Crippen MR) is 62.6 cm³/mol. The zero-order chi connectivity index (χ0) is 11.4. The Balaban J connectivity index is 2.73. The zero-order valence-corrected chi connectivity index (χ0v) is 9.50. The minimum atomic E-state index is -0.357. The first kappa shape index (κ1) is 11.8.